The zero-order valence-corrected chi connectivity index (χ0v) is 26.1. The number of hydrogen-bond acceptors (Lipinski definition) is 6. The number of aliphatic hydroxyl groups is 1. The number of rotatable bonds is 7. The third-order valence-electron chi connectivity index (χ3n) is 9.72. The molecular formula is C32H28F7N3O6S. The summed E-state index contributed by atoms with van der Waals surface area (Å²) in [5.74, 6) is -3.84. The maximum Gasteiger partial charge on any atom is 0.417 e. The number of amides is 1. The molecule has 262 valence electrons. The first-order valence-electron chi connectivity index (χ1n) is 15.1. The van der Waals surface area contributed by atoms with Gasteiger partial charge in [-0.05, 0) is 92.5 Å². The Bertz CT molecular complexity index is 1940. The van der Waals surface area contributed by atoms with Gasteiger partial charge in [-0.2, -0.15) is 26.3 Å². The molecule has 2 aliphatic carbocycles. The number of sulfonamides is 1. The molecule has 6 rings (SSSR count). The molecule has 0 saturated heterocycles. The van der Waals surface area contributed by atoms with E-state index in [4.69, 9.17) is 0 Å². The predicted octanol–water partition coefficient (Wildman–Crippen LogP) is 5.96. The first-order valence-corrected chi connectivity index (χ1v) is 16.5. The van der Waals surface area contributed by atoms with Gasteiger partial charge in [0.15, 0.2) is 5.60 Å². The number of halogens is 7. The van der Waals surface area contributed by atoms with E-state index in [1.807, 2.05) is 0 Å². The summed E-state index contributed by atoms with van der Waals surface area (Å²) in [7, 11) is -4.54. The summed E-state index contributed by atoms with van der Waals surface area (Å²) in [5, 5.41) is 22.4. The van der Waals surface area contributed by atoms with Crippen molar-refractivity contribution in [3.8, 4) is 0 Å². The molecule has 1 aliphatic heterocycles. The highest BCUT2D eigenvalue weighted by atomic mass is 32.2. The van der Waals surface area contributed by atoms with Crippen LogP contribution in [0.5, 0.6) is 0 Å². The minimum atomic E-state index is -4.96. The lowest BCUT2D eigenvalue weighted by Crippen LogP contribution is -2.56. The number of hydrogen-bond donors (Lipinski definition) is 3. The van der Waals surface area contributed by atoms with Crippen molar-refractivity contribution in [2.45, 2.75) is 79.4 Å². The molecule has 2 aromatic carbocycles. The van der Waals surface area contributed by atoms with Crippen molar-refractivity contribution in [1.82, 2.24) is 10.3 Å². The Morgan fingerprint density at radius 3 is 2.20 bits per heavy atom. The summed E-state index contributed by atoms with van der Waals surface area (Å²) in [6.45, 7) is -0.616. The minimum absolute atomic E-state index is 0.0714. The standard InChI is InChI=1S/C32H28F7N3O6S/c33-23-14-20(31(34,35)36)15-40-24(23)16-41-27(43)18-6-7-25-22(13-18)29(8-10-30(46,11-9-29)32(37,38)39)26(17-4-5-17)42(25)49(47,48)21-3-1-2-19(12-21)28(44)45/h1-3,6-7,12-15,17,26,46H,4-5,8-11,16H2,(H,41,43)(H,44,45). The average molecular weight is 716 g/mol. The Kier molecular flexibility index (Phi) is 8.25. The van der Waals surface area contributed by atoms with Gasteiger partial charge in [0.2, 0.25) is 0 Å². The van der Waals surface area contributed by atoms with Gasteiger partial charge in [-0.15, -0.1) is 0 Å². The fourth-order valence-electron chi connectivity index (χ4n) is 7.01. The molecule has 1 amide bonds. The van der Waals surface area contributed by atoms with Gasteiger partial charge in [0.25, 0.3) is 15.9 Å². The van der Waals surface area contributed by atoms with Crippen molar-refractivity contribution in [1.29, 1.82) is 0 Å². The second-order valence-corrected chi connectivity index (χ2v) is 14.5. The van der Waals surface area contributed by atoms with E-state index >= 15 is 0 Å². The highest BCUT2D eigenvalue weighted by Gasteiger charge is 2.65. The van der Waals surface area contributed by atoms with Crippen LogP contribution in [-0.4, -0.2) is 53.3 Å². The molecule has 1 atom stereocenters. The van der Waals surface area contributed by atoms with Crippen molar-refractivity contribution >= 4 is 27.6 Å². The molecule has 1 unspecified atom stereocenters. The van der Waals surface area contributed by atoms with E-state index in [1.165, 1.54) is 36.4 Å². The highest BCUT2D eigenvalue weighted by Crippen LogP contribution is 2.62. The third-order valence-corrected chi connectivity index (χ3v) is 11.5. The summed E-state index contributed by atoms with van der Waals surface area (Å²) in [6.07, 6.45) is -10.4. The highest BCUT2D eigenvalue weighted by molar-refractivity contribution is 7.93. The lowest BCUT2D eigenvalue weighted by Gasteiger charge is -2.47. The molecule has 0 radical (unpaired) electrons. The van der Waals surface area contributed by atoms with E-state index in [1.54, 1.807) is 0 Å². The van der Waals surface area contributed by atoms with Crippen molar-refractivity contribution in [3.63, 3.8) is 0 Å². The number of anilines is 1. The van der Waals surface area contributed by atoms with Crippen LogP contribution in [0.15, 0.2) is 59.6 Å². The largest absolute Gasteiger partial charge is 0.478 e. The van der Waals surface area contributed by atoms with Gasteiger partial charge >= 0.3 is 18.3 Å². The molecule has 3 N–H and O–H groups in total. The zero-order valence-electron chi connectivity index (χ0n) is 25.3. The number of carbonyl (C=O) groups is 2. The Hall–Kier alpha value is -4.25. The van der Waals surface area contributed by atoms with Crippen LogP contribution in [0.25, 0.3) is 0 Å². The SMILES string of the molecule is O=C(O)c1cccc(S(=O)(=O)N2c3ccc(C(=O)NCc4ncc(C(F)(F)F)cc4F)cc3C3(CCC(O)(C(F)(F)F)CC3)C2C2CC2)c1. The Labute approximate surface area is 274 Å². The third kappa shape index (κ3) is 6.00. The molecule has 17 heteroatoms. The molecule has 49 heavy (non-hydrogen) atoms. The predicted molar refractivity (Wildman–Crippen MR) is 158 cm³/mol. The monoisotopic (exact) mass is 715 g/mol. The molecule has 2 fully saturated rings. The van der Waals surface area contributed by atoms with Crippen LogP contribution in [0.2, 0.25) is 0 Å². The van der Waals surface area contributed by atoms with E-state index < -0.39 is 87.8 Å². The zero-order chi connectivity index (χ0) is 35.7. The molecule has 3 aliphatic rings. The Balaban J connectivity index is 1.40. The van der Waals surface area contributed by atoms with Gasteiger partial charge in [0, 0.05) is 17.2 Å². The summed E-state index contributed by atoms with van der Waals surface area (Å²) < 4.78 is 125. The lowest BCUT2D eigenvalue weighted by molar-refractivity contribution is -0.273. The van der Waals surface area contributed by atoms with Gasteiger partial charge in [0.05, 0.1) is 40.0 Å². The van der Waals surface area contributed by atoms with E-state index in [2.05, 4.69) is 10.3 Å². The van der Waals surface area contributed by atoms with Crippen LogP contribution in [0, 0.1) is 11.7 Å². The van der Waals surface area contributed by atoms with Crippen LogP contribution in [-0.2, 0) is 28.2 Å². The first-order chi connectivity index (χ1) is 22.8. The molecule has 9 nitrogen and oxygen atoms in total. The molecule has 0 bridgehead atoms. The second-order valence-electron chi connectivity index (χ2n) is 12.7. The number of carbonyl (C=O) groups excluding carboxylic acids is 1. The van der Waals surface area contributed by atoms with Crippen LogP contribution in [0.3, 0.4) is 0 Å². The van der Waals surface area contributed by atoms with E-state index in [9.17, 15) is 59.0 Å². The summed E-state index contributed by atoms with van der Waals surface area (Å²) >= 11 is 0. The maximum absolute atomic E-state index is 14.4. The summed E-state index contributed by atoms with van der Waals surface area (Å²) in [6, 6.07) is 7.84. The molecule has 2 saturated carbocycles. The minimum Gasteiger partial charge on any atom is -0.478 e. The van der Waals surface area contributed by atoms with Crippen LogP contribution < -0.4 is 9.62 Å². The molecule has 3 aromatic rings. The van der Waals surface area contributed by atoms with Crippen molar-refractivity contribution in [2.24, 2.45) is 5.92 Å². The van der Waals surface area contributed by atoms with E-state index in [0.29, 0.717) is 19.0 Å². The van der Waals surface area contributed by atoms with Crippen molar-refractivity contribution < 1.29 is 59.0 Å². The van der Waals surface area contributed by atoms with E-state index in [-0.39, 0.29) is 52.1 Å². The fourth-order valence-corrected chi connectivity index (χ4v) is 8.86. The topological polar surface area (TPSA) is 137 Å². The Morgan fingerprint density at radius 2 is 1.63 bits per heavy atom. The van der Waals surface area contributed by atoms with Crippen LogP contribution in [0.4, 0.5) is 36.4 Å². The molecule has 2 heterocycles. The summed E-state index contributed by atoms with van der Waals surface area (Å²) in [5.41, 5.74) is -6.23. The van der Waals surface area contributed by atoms with Gasteiger partial charge < -0.3 is 15.5 Å². The number of alkyl halides is 6. The number of carboxylic acid groups (broad SMARTS) is 1. The Morgan fingerprint density at radius 1 is 0.959 bits per heavy atom. The second kappa shape index (κ2) is 11.7. The number of nitrogens with one attached hydrogen (secondary N) is 1. The lowest BCUT2D eigenvalue weighted by atomic mass is 9.61. The fraction of sp³-hybridized carbons (Fsp3) is 0.406. The normalized spacial score (nSPS) is 24.2. The van der Waals surface area contributed by atoms with Gasteiger partial charge in [-0.1, -0.05) is 6.07 Å². The van der Waals surface area contributed by atoms with Crippen LogP contribution >= 0.6 is 0 Å². The number of benzene rings is 2. The molecule has 1 spiro atoms. The molecular weight excluding hydrogens is 687 g/mol. The van der Waals surface area contributed by atoms with Crippen LogP contribution in [0.1, 0.15) is 76.1 Å². The van der Waals surface area contributed by atoms with E-state index in [0.717, 1.165) is 10.4 Å². The molecule has 1 aromatic heterocycles. The number of pyridine rings is 1. The van der Waals surface area contributed by atoms with Crippen molar-refractivity contribution in [3.05, 3.63) is 88.5 Å². The number of carboxylic acids is 1. The average Bonchev–Trinajstić information content (AvgIpc) is 3.83. The number of aromatic carboxylic acids is 1. The number of fused-ring (bicyclic) bond motifs is 2. The first kappa shape index (κ1) is 34.6. The van der Waals surface area contributed by atoms with Gasteiger partial charge in [0.1, 0.15) is 5.82 Å². The van der Waals surface area contributed by atoms with Gasteiger partial charge in [-0.3, -0.25) is 14.1 Å². The number of aromatic nitrogens is 1. The van der Waals surface area contributed by atoms with Crippen molar-refractivity contribution in [2.75, 3.05) is 4.31 Å². The summed E-state index contributed by atoms with van der Waals surface area (Å²) in [4.78, 5) is 28.0. The van der Waals surface area contributed by atoms with Gasteiger partial charge in [-0.25, -0.2) is 17.6 Å². The number of nitrogens with zero attached hydrogens (tertiary/aromatic N) is 2. The smallest absolute Gasteiger partial charge is 0.417 e. The maximum atomic E-state index is 14.4. The quantitative estimate of drug-likeness (QED) is 0.257.